The van der Waals surface area contributed by atoms with Gasteiger partial charge in [0.05, 0.1) is 18.4 Å². The summed E-state index contributed by atoms with van der Waals surface area (Å²) in [6.07, 6.45) is 4.59. The van der Waals surface area contributed by atoms with Crippen molar-refractivity contribution in [2.24, 2.45) is 0 Å². The molecule has 4 aromatic rings. The SMILES string of the molecule is C=C(C)C[C@@]1(O)C(=O)N(Cc2cn(CCc3c[nH]c4ccccc34)nn2)c2ccc(F)cc21. The quantitative estimate of drug-likeness (QED) is 0.423. The average molecular weight is 445 g/mol. The van der Waals surface area contributed by atoms with Crippen molar-refractivity contribution in [1.29, 1.82) is 0 Å². The van der Waals surface area contributed by atoms with Crippen LogP contribution in [0, 0.1) is 5.82 Å². The predicted octanol–water partition coefficient (Wildman–Crippen LogP) is 3.84. The van der Waals surface area contributed by atoms with E-state index in [1.165, 1.54) is 34.0 Å². The van der Waals surface area contributed by atoms with Gasteiger partial charge in [0, 0.05) is 35.6 Å². The van der Waals surface area contributed by atoms with E-state index >= 15 is 0 Å². The molecule has 2 aromatic carbocycles. The number of para-hydroxylation sites is 1. The zero-order valence-electron chi connectivity index (χ0n) is 18.3. The fourth-order valence-corrected chi connectivity index (χ4v) is 4.54. The van der Waals surface area contributed by atoms with Gasteiger partial charge in [-0.15, -0.1) is 11.7 Å². The third kappa shape index (κ3) is 3.72. The number of halogens is 1. The lowest BCUT2D eigenvalue weighted by molar-refractivity contribution is -0.136. The van der Waals surface area contributed by atoms with Crippen molar-refractivity contribution < 1.29 is 14.3 Å². The van der Waals surface area contributed by atoms with Crippen LogP contribution in [0.25, 0.3) is 10.9 Å². The van der Waals surface area contributed by atoms with Gasteiger partial charge in [-0.2, -0.15) is 0 Å². The number of anilines is 1. The maximum absolute atomic E-state index is 13.9. The minimum atomic E-state index is -1.84. The average Bonchev–Trinajstić information content (AvgIpc) is 3.46. The van der Waals surface area contributed by atoms with Crippen LogP contribution in [0.15, 0.2) is 67.0 Å². The van der Waals surface area contributed by atoms with Crippen molar-refractivity contribution in [3.8, 4) is 0 Å². The molecule has 2 aromatic heterocycles. The molecule has 0 fully saturated rings. The summed E-state index contributed by atoms with van der Waals surface area (Å²) >= 11 is 0. The van der Waals surface area contributed by atoms with Gasteiger partial charge < -0.3 is 15.0 Å². The van der Waals surface area contributed by atoms with Crippen LogP contribution >= 0.6 is 0 Å². The highest BCUT2D eigenvalue weighted by Gasteiger charge is 2.49. The Balaban J connectivity index is 1.35. The molecule has 1 aliphatic heterocycles. The van der Waals surface area contributed by atoms with E-state index < -0.39 is 17.3 Å². The molecule has 7 nitrogen and oxygen atoms in total. The Morgan fingerprint density at radius 1 is 1.27 bits per heavy atom. The molecule has 8 heteroatoms. The number of nitrogens with zero attached hydrogens (tertiary/aromatic N) is 4. The molecule has 1 amide bonds. The number of benzene rings is 2. The number of carbonyl (C=O) groups is 1. The van der Waals surface area contributed by atoms with Gasteiger partial charge in [-0.05, 0) is 43.2 Å². The van der Waals surface area contributed by atoms with Crippen LogP contribution in [-0.2, 0) is 29.9 Å². The Morgan fingerprint density at radius 3 is 2.91 bits per heavy atom. The van der Waals surface area contributed by atoms with Gasteiger partial charge in [-0.25, -0.2) is 4.39 Å². The van der Waals surface area contributed by atoms with Crippen molar-refractivity contribution in [3.05, 3.63) is 89.6 Å². The molecule has 0 aliphatic carbocycles. The van der Waals surface area contributed by atoms with E-state index in [1.807, 2.05) is 24.4 Å². The summed E-state index contributed by atoms with van der Waals surface area (Å²) in [5, 5.41) is 20.8. The topological polar surface area (TPSA) is 87.0 Å². The number of carbonyl (C=O) groups excluding carboxylic acids is 1. The molecule has 0 saturated heterocycles. The molecule has 0 saturated carbocycles. The Morgan fingerprint density at radius 2 is 2.09 bits per heavy atom. The van der Waals surface area contributed by atoms with Crippen LogP contribution in [0.3, 0.4) is 0 Å². The minimum absolute atomic E-state index is 0.0239. The van der Waals surface area contributed by atoms with Crippen molar-refractivity contribution in [2.45, 2.75) is 38.5 Å². The number of aliphatic hydroxyl groups is 1. The lowest BCUT2D eigenvalue weighted by atomic mass is 9.89. The molecule has 5 rings (SSSR count). The molecule has 0 unspecified atom stereocenters. The number of aryl methyl sites for hydroxylation is 2. The van der Waals surface area contributed by atoms with E-state index in [0.29, 0.717) is 23.5 Å². The zero-order valence-corrected chi connectivity index (χ0v) is 18.3. The molecule has 33 heavy (non-hydrogen) atoms. The van der Waals surface area contributed by atoms with Crippen LogP contribution in [0.1, 0.15) is 30.2 Å². The van der Waals surface area contributed by atoms with Gasteiger partial charge in [-0.3, -0.25) is 9.48 Å². The Labute approximate surface area is 190 Å². The van der Waals surface area contributed by atoms with Gasteiger partial charge in [0.2, 0.25) is 0 Å². The van der Waals surface area contributed by atoms with Crippen LogP contribution in [0.5, 0.6) is 0 Å². The second-order valence-corrected chi connectivity index (χ2v) is 8.63. The summed E-state index contributed by atoms with van der Waals surface area (Å²) in [4.78, 5) is 17.9. The molecule has 0 radical (unpaired) electrons. The van der Waals surface area contributed by atoms with Crippen LogP contribution in [-0.4, -0.2) is 31.0 Å². The predicted molar refractivity (Wildman–Crippen MR) is 123 cm³/mol. The Hall–Kier alpha value is -3.78. The maximum Gasteiger partial charge on any atom is 0.264 e. The molecule has 2 N–H and O–H groups in total. The van der Waals surface area contributed by atoms with Gasteiger partial charge in [0.15, 0.2) is 5.60 Å². The molecule has 0 spiro atoms. The second kappa shape index (κ2) is 7.97. The fraction of sp³-hybridized carbons (Fsp3) is 0.240. The highest BCUT2D eigenvalue weighted by molar-refractivity contribution is 6.06. The molecule has 1 atom stereocenters. The van der Waals surface area contributed by atoms with Crippen LogP contribution in [0.4, 0.5) is 10.1 Å². The first-order valence-electron chi connectivity index (χ1n) is 10.8. The summed E-state index contributed by atoms with van der Waals surface area (Å²) < 4.78 is 15.7. The Kier molecular flexibility index (Phi) is 5.09. The lowest BCUT2D eigenvalue weighted by Gasteiger charge is -2.23. The van der Waals surface area contributed by atoms with Crippen molar-refractivity contribution >= 4 is 22.5 Å². The smallest absolute Gasteiger partial charge is 0.264 e. The number of H-pyrrole nitrogens is 1. The standard InChI is InChI=1S/C25H24FN5O2/c1-16(2)12-25(33)21-11-18(26)7-8-23(21)31(24(25)32)15-19-14-30(29-28-19)10-9-17-13-27-22-6-4-3-5-20(17)22/h3-8,11,13-14,27,33H,1,9-10,12,15H2,2H3/t25-/m0/s1. The minimum Gasteiger partial charge on any atom is -0.375 e. The summed E-state index contributed by atoms with van der Waals surface area (Å²) in [5.41, 5.74) is 2.38. The summed E-state index contributed by atoms with van der Waals surface area (Å²) in [6, 6.07) is 12.1. The number of fused-ring (bicyclic) bond motifs is 2. The number of hydrogen-bond acceptors (Lipinski definition) is 4. The second-order valence-electron chi connectivity index (χ2n) is 8.63. The van der Waals surface area contributed by atoms with E-state index in [1.54, 1.807) is 17.8 Å². The van der Waals surface area contributed by atoms with E-state index in [9.17, 15) is 14.3 Å². The fourth-order valence-electron chi connectivity index (χ4n) is 4.54. The molecular weight excluding hydrogens is 421 g/mol. The van der Waals surface area contributed by atoms with Gasteiger partial charge in [0.1, 0.15) is 11.5 Å². The monoisotopic (exact) mass is 445 g/mol. The number of rotatable bonds is 7. The van der Waals surface area contributed by atoms with Gasteiger partial charge >= 0.3 is 0 Å². The van der Waals surface area contributed by atoms with Gasteiger partial charge in [0.25, 0.3) is 5.91 Å². The largest absolute Gasteiger partial charge is 0.375 e. The summed E-state index contributed by atoms with van der Waals surface area (Å²) in [5.74, 6) is -1.02. The maximum atomic E-state index is 13.9. The molecule has 1 aliphatic rings. The highest BCUT2D eigenvalue weighted by atomic mass is 19.1. The summed E-state index contributed by atoms with van der Waals surface area (Å²) in [6.45, 7) is 6.30. The molecule has 0 bridgehead atoms. The molecule has 3 heterocycles. The van der Waals surface area contributed by atoms with Gasteiger partial charge in [-0.1, -0.05) is 29.0 Å². The van der Waals surface area contributed by atoms with E-state index in [-0.39, 0.29) is 18.5 Å². The van der Waals surface area contributed by atoms with E-state index in [4.69, 9.17) is 0 Å². The molecular formula is C25H24FN5O2. The van der Waals surface area contributed by atoms with Crippen molar-refractivity contribution in [1.82, 2.24) is 20.0 Å². The first kappa shape index (κ1) is 21.1. The zero-order chi connectivity index (χ0) is 23.2. The normalized spacial score (nSPS) is 17.7. The van der Waals surface area contributed by atoms with E-state index in [2.05, 4.69) is 27.9 Å². The van der Waals surface area contributed by atoms with Crippen LogP contribution in [0.2, 0.25) is 0 Å². The van der Waals surface area contributed by atoms with Crippen LogP contribution < -0.4 is 4.90 Å². The first-order chi connectivity index (χ1) is 15.8. The lowest BCUT2D eigenvalue weighted by Crippen LogP contribution is -2.40. The molecule has 168 valence electrons. The van der Waals surface area contributed by atoms with Crippen molar-refractivity contribution in [3.63, 3.8) is 0 Å². The number of aromatic amines is 1. The Bertz CT molecular complexity index is 1370. The first-order valence-corrected chi connectivity index (χ1v) is 10.8. The third-order valence-corrected chi connectivity index (χ3v) is 6.04. The number of amides is 1. The summed E-state index contributed by atoms with van der Waals surface area (Å²) in [7, 11) is 0. The number of hydrogen-bond donors (Lipinski definition) is 2. The third-order valence-electron chi connectivity index (χ3n) is 6.04. The van der Waals surface area contributed by atoms with E-state index in [0.717, 1.165) is 11.9 Å². The highest BCUT2D eigenvalue weighted by Crippen LogP contribution is 2.44. The number of nitrogens with one attached hydrogen (secondary N) is 1. The van der Waals surface area contributed by atoms with Crippen molar-refractivity contribution in [2.75, 3.05) is 4.90 Å². The number of aromatic nitrogens is 4.